The number of hydrogen-bond acceptors (Lipinski definition) is 7. The third-order valence-electron chi connectivity index (χ3n) is 5.62. The Morgan fingerprint density at radius 3 is 2.68 bits per heavy atom. The molecule has 160 valence electrons. The molecule has 1 atom stereocenters. The lowest BCUT2D eigenvalue weighted by atomic mass is 10.0. The number of alkyl halides is 1. The highest BCUT2D eigenvalue weighted by Gasteiger charge is 2.30. The van der Waals surface area contributed by atoms with Crippen LogP contribution in [0.4, 0.5) is 10.8 Å². The number of thiazole rings is 1. The van der Waals surface area contributed by atoms with Gasteiger partial charge in [-0.2, -0.15) is 0 Å². The second kappa shape index (κ2) is 8.49. The molecule has 4 heterocycles. The Labute approximate surface area is 190 Å². The molecule has 3 aromatic rings. The SMILES string of the molecule is COC1=C(C)N(c2nc3ccc(N4CCOCC4)cc3s2)C(Cl)C=C1c1ccncc1. The Morgan fingerprint density at radius 1 is 1.16 bits per heavy atom. The highest BCUT2D eigenvalue weighted by molar-refractivity contribution is 7.22. The van der Waals surface area contributed by atoms with Gasteiger partial charge in [-0.1, -0.05) is 22.9 Å². The zero-order chi connectivity index (χ0) is 21.4. The number of ether oxygens (including phenoxy) is 2. The molecule has 0 aliphatic carbocycles. The molecule has 0 N–H and O–H groups in total. The number of fused-ring (bicyclic) bond motifs is 1. The van der Waals surface area contributed by atoms with E-state index < -0.39 is 0 Å². The molecule has 1 saturated heterocycles. The van der Waals surface area contributed by atoms with Gasteiger partial charge in [-0.3, -0.25) is 9.88 Å². The minimum Gasteiger partial charge on any atom is -0.494 e. The van der Waals surface area contributed by atoms with Crippen molar-refractivity contribution in [2.45, 2.75) is 12.4 Å². The number of aromatic nitrogens is 2. The second-order valence-corrected chi connectivity index (χ2v) is 8.88. The minimum atomic E-state index is -0.374. The van der Waals surface area contributed by atoms with Crippen LogP contribution in [0.2, 0.25) is 0 Å². The van der Waals surface area contributed by atoms with Gasteiger partial charge in [0.2, 0.25) is 0 Å². The summed E-state index contributed by atoms with van der Waals surface area (Å²) in [6.45, 7) is 5.38. The van der Waals surface area contributed by atoms with Gasteiger partial charge in [0, 0.05) is 36.7 Å². The summed E-state index contributed by atoms with van der Waals surface area (Å²) in [6.07, 6.45) is 5.55. The van der Waals surface area contributed by atoms with Crippen LogP contribution in [0, 0.1) is 0 Å². The predicted octanol–water partition coefficient (Wildman–Crippen LogP) is 4.87. The van der Waals surface area contributed by atoms with Gasteiger partial charge in [-0.05, 0) is 48.9 Å². The van der Waals surface area contributed by atoms with Crippen molar-refractivity contribution in [1.82, 2.24) is 9.97 Å². The van der Waals surface area contributed by atoms with Crippen molar-refractivity contribution in [3.63, 3.8) is 0 Å². The van der Waals surface area contributed by atoms with Crippen LogP contribution >= 0.6 is 22.9 Å². The molecule has 8 heteroatoms. The number of nitrogens with zero attached hydrogens (tertiary/aromatic N) is 4. The van der Waals surface area contributed by atoms with Gasteiger partial charge >= 0.3 is 0 Å². The van der Waals surface area contributed by atoms with Crippen molar-refractivity contribution in [2.24, 2.45) is 0 Å². The summed E-state index contributed by atoms with van der Waals surface area (Å²) >= 11 is 8.49. The van der Waals surface area contributed by atoms with Crippen LogP contribution in [0.25, 0.3) is 15.8 Å². The predicted molar refractivity (Wildman–Crippen MR) is 127 cm³/mol. The fraction of sp³-hybridized carbons (Fsp3) is 0.304. The van der Waals surface area contributed by atoms with Gasteiger partial charge in [-0.15, -0.1) is 0 Å². The maximum absolute atomic E-state index is 6.85. The Morgan fingerprint density at radius 2 is 1.94 bits per heavy atom. The molecule has 1 aromatic carbocycles. The van der Waals surface area contributed by atoms with Gasteiger partial charge in [0.15, 0.2) is 5.13 Å². The standard InChI is InChI=1S/C23H23ClN4O2S/c1-15-22(29-2)18(16-5-7-25-8-6-16)14-21(24)28(15)23-26-19-4-3-17(13-20(19)31-23)27-9-11-30-12-10-27/h3-8,13-14,21H,9-12H2,1-2H3. The van der Waals surface area contributed by atoms with Crippen LogP contribution in [0.3, 0.4) is 0 Å². The van der Waals surface area contributed by atoms with Gasteiger partial charge in [0.1, 0.15) is 11.3 Å². The zero-order valence-corrected chi connectivity index (χ0v) is 19.0. The summed E-state index contributed by atoms with van der Waals surface area (Å²) in [5.74, 6) is 0.788. The number of methoxy groups -OCH3 is 1. The number of rotatable bonds is 4. The van der Waals surface area contributed by atoms with Gasteiger partial charge in [0.05, 0.1) is 36.2 Å². The van der Waals surface area contributed by atoms with Crippen molar-refractivity contribution in [1.29, 1.82) is 0 Å². The Balaban J connectivity index is 1.50. The van der Waals surface area contributed by atoms with Crippen LogP contribution in [0.5, 0.6) is 0 Å². The summed E-state index contributed by atoms with van der Waals surface area (Å²) in [4.78, 5) is 13.4. The van der Waals surface area contributed by atoms with Crippen LogP contribution < -0.4 is 9.80 Å². The molecule has 31 heavy (non-hydrogen) atoms. The number of benzene rings is 1. The van der Waals surface area contributed by atoms with Crippen molar-refractivity contribution < 1.29 is 9.47 Å². The van der Waals surface area contributed by atoms with E-state index in [0.29, 0.717) is 0 Å². The molecule has 5 rings (SSSR count). The smallest absolute Gasteiger partial charge is 0.192 e. The molecule has 0 bridgehead atoms. The number of morpholine rings is 1. The molecular weight excluding hydrogens is 432 g/mol. The number of anilines is 2. The lowest BCUT2D eigenvalue weighted by Gasteiger charge is -2.32. The molecule has 1 unspecified atom stereocenters. The molecule has 1 fully saturated rings. The zero-order valence-electron chi connectivity index (χ0n) is 17.4. The van der Waals surface area contributed by atoms with E-state index in [2.05, 4.69) is 28.1 Å². The monoisotopic (exact) mass is 454 g/mol. The average molecular weight is 455 g/mol. The summed E-state index contributed by atoms with van der Waals surface area (Å²) in [7, 11) is 1.69. The maximum atomic E-state index is 6.85. The van der Waals surface area contributed by atoms with E-state index in [-0.39, 0.29) is 5.50 Å². The molecule has 2 aliphatic heterocycles. The molecule has 2 aromatic heterocycles. The normalized spacial score (nSPS) is 19.7. The summed E-state index contributed by atoms with van der Waals surface area (Å²) in [5, 5.41) is 0.853. The number of allylic oxidation sites excluding steroid dienone is 2. The minimum absolute atomic E-state index is 0.374. The van der Waals surface area contributed by atoms with E-state index >= 15 is 0 Å². The third kappa shape index (κ3) is 3.78. The van der Waals surface area contributed by atoms with E-state index in [1.807, 2.05) is 30.0 Å². The van der Waals surface area contributed by atoms with Gasteiger partial charge < -0.3 is 14.4 Å². The summed E-state index contributed by atoms with van der Waals surface area (Å²) in [5.41, 5.74) is 4.73. The highest BCUT2D eigenvalue weighted by Crippen LogP contribution is 2.41. The van der Waals surface area contributed by atoms with E-state index in [4.69, 9.17) is 26.1 Å². The lowest BCUT2D eigenvalue weighted by Crippen LogP contribution is -2.36. The van der Waals surface area contributed by atoms with Crippen molar-refractivity contribution in [3.05, 3.63) is 65.8 Å². The molecule has 0 amide bonds. The summed E-state index contributed by atoms with van der Waals surface area (Å²) in [6, 6.07) is 10.4. The molecule has 0 radical (unpaired) electrons. The molecule has 6 nitrogen and oxygen atoms in total. The average Bonchev–Trinajstić information content (AvgIpc) is 3.22. The van der Waals surface area contributed by atoms with Crippen molar-refractivity contribution >= 4 is 49.5 Å². The van der Waals surface area contributed by atoms with E-state index in [0.717, 1.165) is 64.2 Å². The topological polar surface area (TPSA) is 50.7 Å². The van der Waals surface area contributed by atoms with Crippen LogP contribution in [-0.4, -0.2) is 48.9 Å². The maximum Gasteiger partial charge on any atom is 0.192 e. The first-order valence-electron chi connectivity index (χ1n) is 10.2. The first-order valence-corrected chi connectivity index (χ1v) is 11.4. The Hall–Kier alpha value is -2.61. The first-order chi connectivity index (χ1) is 15.2. The van der Waals surface area contributed by atoms with Crippen molar-refractivity contribution in [3.8, 4) is 0 Å². The Bertz CT molecular complexity index is 1150. The van der Waals surface area contributed by atoms with Crippen LogP contribution in [-0.2, 0) is 9.47 Å². The lowest BCUT2D eigenvalue weighted by molar-refractivity contribution is 0.122. The third-order valence-corrected chi connectivity index (χ3v) is 6.96. The van der Waals surface area contributed by atoms with Crippen LogP contribution in [0.1, 0.15) is 12.5 Å². The van der Waals surface area contributed by atoms with E-state index in [9.17, 15) is 0 Å². The van der Waals surface area contributed by atoms with E-state index in [1.54, 1.807) is 30.8 Å². The number of pyridine rings is 1. The molecule has 0 saturated carbocycles. The largest absolute Gasteiger partial charge is 0.494 e. The Kier molecular flexibility index (Phi) is 5.56. The number of halogens is 1. The molecule has 2 aliphatic rings. The second-order valence-electron chi connectivity index (χ2n) is 7.43. The summed E-state index contributed by atoms with van der Waals surface area (Å²) < 4.78 is 12.4. The van der Waals surface area contributed by atoms with Gasteiger partial charge in [-0.25, -0.2) is 4.98 Å². The fourth-order valence-electron chi connectivity index (χ4n) is 4.06. The number of hydrogen-bond donors (Lipinski definition) is 0. The van der Waals surface area contributed by atoms with Crippen molar-refractivity contribution in [2.75, 3.05) is 43.2 Å². The van der Waals surface area contributed by atoms with Crippen LogP contribution in [0.15, 0.2) is 60.3 Å². The first kappa shape index (κ1) is 20.3. The fourth-order valence-corrected chi connectivity index (χ4v) is 5.58. The van der Waals surface area contributed by atoms with Gasteiger partial charge in [0.25, 0.3) is 0 Å². The molecular formula is C23H23ClN4O2S. The molecule has 0 spiro atoms. The quantitative estimate of drug-likeness (QED) is 0.414. The van der Waals surface area contributed by atoms with E-state index in [1.165, 1.54) is 5.69 Å². The highest BCUT2D eigenvalue weighted by atomic mass is 35.5.